The van der Waals surface area contributed by atoms with Gasteiger partial charge in [-0.15, -0.1) is 0 Å². The van der Waals surface area contributed by atoms with Crippen LogP contribution in [-0.4, -0.2) is 10.9 Å². The van der Waals surface area contributed by atoms with Gasteiger partial charge in [0, 0.05) is 12.8 Å². The number of carbonyl (C=O) groups is 1. The zero-order chi connectivity index (χ0) is 11.8. The molecule has 0 heterocycles. The molecule has 1 saturated carbocycles. The van der Waals surface area contributed by atoms with Crippen molar-refractivity contribution in [3.05, 3.63) is 34.9 Å². The fourth-order valence-corrected chi connectivity index (χ4v) is 2.74. The third kappa shape index (κ3) is 1.90. The van der Waals surface area contributed by atoms with E-state index in [1.54, 1.807) is 0 Å². The molecule has 0 bridgehead atoms. The van der Waals surface area contributed by atoms with E-state index in [4.69, 9.17) is 0 Å². The lowest BCUT2D eigenvalue weighted by Crippen LogP contribution is -2.33. The highest BCUT2D eigenvalue weighted by Crippen LogP contribution is 2.38. The Balaban J connectivity index is 2.39. The van der Waals surface area contributed by atoms with E-state index in [-0.39, 0.29) is 5.78 Å². The minimum Gasteiger partial charge on any atom is -0.385 e. The fraction of sp³-hybridized carbons (Fsp3) is 0.500. The molecule has 1 aromatic carbocycles. The van der Waals surface area contributed by atoms with Gasteiger partial charge in [-0.25, -0.2) is 0 Å². The van der Waals surface area contributed by atoms with E-state index in [1.165, 1.54) is 0 Å². The van der Waals surface area contributed by atoms with Crippen LogP contribution in [0.15, 0.2) is 18.2 Å². The minimum atomic E-state index is -0.788. The molecule has 0 amide bonds. The molecule has 1 aliphatic rings. The number of benzene rings is 1. The largest absolute Gasteiger partial charge is 0.385 e. The fourth-order valence-electron chi connectivity index (χ4n) is 2.74. The Hall–Kier alpha value is -1.15. The van der Waals surface area contributed by atoms with E-state index in [0.717, 1.165) is 16.7 Å². The van der Waals surface area contributed by atoms with Crippen molar-refractivity contribution in [3.8, 4) is 0 Å². The van der Waals surface area contributed by atoms with Gasteiger partial charge >= 0.3 is 0 Å². The first-order chi connectivity index (χ1) is 7.53. The predicted molar refractivity (Wildman–Crippen MR) is 63.3 cm³/mol. The zero-order valence-electron chi connectivity index (χ0n) is 9.92. The highest BCUT2D eigenvalue weighted by Gasteiger charge is 2.35. The molecule has 0 radical (unpaired) electrons. The number of aryl methyl sites for hydroxylation is 2. The molecule has 1 fully saturated rings. The van der Waals surface area contributed by atoms with E-state index in [2.05, 4.69) is 0 Å². The van der Waals surface area contributed by atoms with Gasteiger partial charge in [-0.1, -0.05) is 18.2 Å². The van der Waals surface area contributed by atoms with Gasteiger partial charge in [-0.05, 0) is 43.4 Å². The van der Waals surface area contributed by atoms with Gasteiger partial charge in [0.25, 0.3) is 0 Å². The molecular formula is C14H18O2. The van der Waals surface area contributed by atoms with Gasteiger partial charge in [0.15, 0.2) is 0 Å². The zero-order valence-corrected chi connectivity index (χ0v) is 9.92. The van der Waals surface area contributed by atoms with Crippen molar-refractivity contribution in [1.82, 2.24) is 0 Å². The van der Waals surface area contributed by atoms with Crippen molar-refractivity contribution in [2.45, 2.75) is 45.1 Å². The molecule has 1 aliphatic carbocycles. The second kappa shape index (κ2) is 4.02. The number of rotatable bonds is 1. The average Bonchev–Trinajstić information content (AvgIpc) is 2.23. The molecule has 0 saturated heterocycles. The van der Waals surface area contributed by atoms with Crippen molar-refractivity contribution in [1.29, 1.82) is 0 Å². The van der Waals surface area contributed by atoms with Crippen LogP contribution < -0.4 is 0 Å². The number of ketones is 1. The van der Waals surface area contributed by atoms with Crippen LogP contribution in [0.2, 0.25) is 0 Å². The molecule has 2 heteroatoms. The number of hydrogen-bond donors (Lipinski definition) is 1. The highest BCUT2D eigenvalue weighted by atomic mass is 16.3. The molecule has 2 rings (SSSR count). The van der Waals surface area contributed by atoms with Crippen LogP contribution in [0, 0.1) is 13.8 Å². The molecule has 0 aliphatic heterocycles. The van der Waals surface area contributed by atoms with Crippen molar-refractivity contribution in [2.24, 2.45) is 0 Å². The summed E-state index contributed by atoms with van der Waals surface area (Å²) in [5.74, 6) is 0.274. The Kier molecular flexibility index (Phi) is 2.85. The number of hydrogen-bond acceptors (Lipinski definition) is 2. The quantitative estimate of drug-likeness (QED) is 0.786. The van der Waals surface area contributed by atoms with Crippen molar-refractivity contribution < 1.29 is 9.90 Å². The Labute approximate surface area is 96.3 Å². The Morgan fingerprint density at radius 3 is 2.12 bits per heavy atom. The van der Waals surface area contributed by atoms with Gasteiger partial charge in [0.05, 0.1) is 5.60 Å². The summed E-state index contributed by atoms with van der Waals surface area (Å²) < 4.78 is 0. The van der Waals surface area contributed by atoms with E-state index >= 15 is 0 Å². The summed E-state index contributed by atoms with van der Waals surface area (Å²) in [6.45, 7) is 4.05. The Morgan fingerprint density at radius 1 is 1.12 bits per heavy atom. The molecule has 2 nitrogen and oxygen atoms in total. The predicted octanol–water partition coefficient (Wildman–Crippen LogP) is 2.63. The van der Waals surface area contributed by atoms with Crippen LogP contribution in [0.25, 0.3) is 0 Å². The maximum atomic E-state index is 11.2. The van der Waals surface area contributed by atoms with Gasteiger partial charge in [0.2, 0.25) is 0 Å². The van der Waals surface area contributed by atoms with Gasteiger partial charge in [-0.2, -0.15) is 0 Å². The lowest BCUT2D eigenvalue weighted by atomic mass is 9.76. The number of carbonyl (C=O) groups excluding carboxylic acids is 1. The van der Waals surface area contributed by atoms with Crippen LogP contribution in [0.3, 0.4) is 0 Å². The van der Waals surface area contributed by atoms with Crippen LogP contribution >= 0.6 is 0 Å². The summed E-state index contributed by atoms with van der Waals surface area (Å²) in [5, 5.41) is 10.7. The van der Waals surface area contributed by atoms with Crippen LogP contribution in [-0.2, 0) is 10.4 Å². The smallest absolute Gasteiger partial charge is 0.133 e. The second-order valence-corrected chi connectivity index (χ2v) is 4.84. The molecule has 0 atom stereocenters. The van der Waals surface area contributed by atoms with E-state index < -0.39 is 5.60 Å². The van der Waals surface area contributed by atoms with Crippen LogP contribution in [0.5, 0.6) is 0 Å². The SMILES string of the molecule is Cc1cccc(C)c1C1(O)CCC(=O)CC1. The summed E-state index contributed by atoms with van der Waals surface area (Å²) in [6, 6.07) is 6.05. The third-order valence-corrected chi connectivity index (χ3v) is 3.58. The first-order valence-electron chi connectivity index (χ1n) is 5.84. The van der Waals surface area contributed by atoms with E-state index in [1.807, 2.05) is 32.0 Å². The molecule has 0 unspecified atom stereocenters. The lowest BCUT2D eigenvalue weighted by Gasteiger charge is -2.34. The first-order valence-corrected chi connectivity index (χ1v) is 5.84. The summed E-state index contributed by atoms with van der Waals surface area (Å²) in [6.07, 6.45) is 2.14. The first kappa shape index (κ1) is 11.3. The molecule has 16 heavy (non-hydrogen) atoms. The number of aliphatic hydroxyl groups is 1. The van der Waals surface area contributed by atoms with E-state index in [9.17, 15) is 9.90 Å². The molecule has 1 N–H and O–H groups in total. The molecule has 0 aromatic heterocycles. The Bertz CT molecular complexity index is 390. The van der Waals surface area contributed by atoms with Crippen LogP contribution in [0.4, 0.5) is 0 Å². The van der Waals surface area contributed by atoms with Crippen molar-refractivity contribution in [3.63, 3.8) is 0 Å². The number of Topliss-reactive ketones (excluding diaryl/α,β-unsaturated/α-hetero) is 1. The van der Waals surface area contributed by atoms with Gasteiger partial charge in [0.1, 0.15) is 5.78 Å². The lowest BCUT2D eigenvalue weighted by molar-refractivity contribution is -0.125. The van der Waals surface area contributed by atoms with Crippen molar-refractivity contribution in [2.75, 3.05) is 0 Å². The molecular weight excluding hydrogens is 200 g/mol. The van der Waals surface area contributed by atoms with Gasteiger partial charge < -0.3 is 5.11 Å². The summed E-state index contributed by atoms with van der Waals surface area (Å²) in [7, 11) is 0. The summed E-state index contributed by atoms with van der Waals surface area (Å²) in [5.41, 5.74) is 2.49. The Morgan fingerprint density at radius 2 is 1.62 bits per heavy atom. The molecule has 0 spiro atoms. The monoisotopic (exact) mass is 218 g/mol. The van der Waals surface area contributed by atoms with Crippen LogP contribution in [0.1, 0.15) is 42.4 Å². The minimum absolute atomic E-state index is 0.274. The van der Waals surface area contributed by atoms with Crippen molar-refractivity contribution >= 4 is 5.78 Å². The molecule has 86 valence electrons. The topological polar surface area (TPSA) is 37.3 Å². The third-order valence-electron chi connectivity index (χ3n) is 3.58. The average molecular weight is 218 g/mol. The summed E-state index contributed by atoms with van der Waals surface area (Å²) in [4.78, 5) is 11.2. The standard InChI is InChI=1S/C14H18O2/c1-10-4-3-5-11(2)13(10)14(16)8-6-12(15)7-9-14/h3-5,16H,6-9H2,1-2H3. The van der Waals surface area contributed by atoms with E-state index in [0.29, 0.717) is 25.7 Å². The molecule has 1 aromatic rings. The summed E-state index contributed by atoms with van der Waals surface area (Å²) >= 11 is 0. The highest BCUT2D eigenvalue weighted by molar-refractivity contribution is 5.79. The normalized spacial score (nSPS) is 19.8. The maximum absolute atomic E-state index is 11.2. The maximum Gasteiger partial charge on any atom is 0.133 e. The van der Waals surface area contributed by atoms with Gasteiger partial charge in [-0.3, -0.25) is 4.79 Å². The second-order valence-electron chi connectivity index (χ2n) is 4.84.